The number of imidazole rings is 1. The van der Waals surface area contributed by atoms with Crippen LogP contribution in [0.4, 0.5) is 8.78 Å². The first kappa shape index (κ1) is 39.7. The maximum atomic E-state index is 16.4. The SMILES string of the molecule is Cc1cc(-n2nc3c(c2-n2ccn(-c4ccc5c(cnn5C5CC5)c4F)c2=O)C(C)N(C(=O)c2cc4cc(C5CCOCC5)ccc4n2C2(c4noc(=O)[nH]4)CC2C)CC3)cc(C)c1F. The van der Waals surface area contributed by atoms with Crippen LogP contribution in [0.3, 0.4) is 0 Å². The van der Waals surface area contributed by atoms with E-state index in [1.165, 1.54) is 27.1 Å². The average molecular weight is 881 g/mol. The van der Waals surface area contributed by atoms with E-state index in [4.69, 9.17) is 14.4 Å². The molecule has 2 aliphatic heterocycles. The van der Waals surface area contributed by atoms with E-state index in [0.29, 0.717) is 94.8 Å². The molecule has 3 atom stereocenters. The van der Waals surface area contributed by atoms with Crippen molar-refractivity contribution in [1.29, 1.82) is 0 Å². The number of rotatable bonds is 8. The van der Waals surface area contributed by atoms with E-state index in [0.717, 1.165) is 36.6 Å². The number of nitrogens with one attached hydrogen (secondary N) is 1. The van der Waals surface area contributed by atoms with Gasteiger partial charge in [-0.05, 0) is 124 Å². The molecule has 1 saturated heterocycles. The van der Waals surface area contributed by atoms with Crippen LogP contribution in [0.15, 0.2) is 81.2 Å². The van der Waals surface area contributed by atoms with E-state index >= 15 is 13.6 Å². The number of amides is 1. The van der Waals surface area contributed by atoms with Crippen LogP contribution in [-0.4, -0.2) is 74.0 Å². The lowest BCUT2D eigenvalue weighted by molar-refractivity contribution is 0.0663. The number of benzene rings is 3. The molecule has 5 aromatic heterocycles. The molecule has 1 amide bonds. The number of aromatic amines is 1. The minimum Gasteiger partial charge on any atom is -0.381 e. The summed E-state index contributed by atoms with van der Waals surface area (Å²) in [6, 6.07) is 14.7. The molecule has 2 saturated carbocycles. The molecule has 3 unspecified atom stereocenters. The summed E-state index contributed by atoms with van der Waals surface area (Å²) < 4.78 is 50.4. The second-order valence-electron chi connectivity index (χ2n) is 18.4. The van der Waals surface area contributed by atoms with Crippen molar-refractivity contribution >= 4 is 27.7 Å². The maximum Gasteiger partial charge on any atom is 0.438 e. The van der Waals surface area contributed by atoms with Crippen LogP contribution >= 0.6 is 0 Å². The van der Waals surface area contributed by atoms with Crippen molar-refractivity contribution in [2.75, 3.05) is 19.8 Å². The number of nitrogens with zero attached hydrogens (tertiary/aromatic N) is 9. The van der Waals surface area contributed by atoms with Gasteiger partial charge in [0.25, 0.3) is 5.91 Å². The summed E-state index contributed by atoms with van der Waals surface area (Å²) in [6.45, 7) is 9.03. The Hall–Kier alpha value is -6.88. The highest BCUT2D eigenvalue weighted by molar-refractivity contribution is 6.00. The van der Waals surface area contributed by atoms with Gasteiger partial charge in [-0.25, -0.2) is 23.1 Å². The van der Waals surface area contributed by atoms with Gasteiger partial charge in [0.05, 0.1) is 46.3 Å². The monoisotopic (exact) mass is 880 g/mol. The first-order valence-electron chi connectivity index (χ1n) is 22.4. The lowest BCUT2D eigenvalue weighted by atomic mass is 9.91. The Bertz CT molecular complexity index is 3370. The summed E-state index contributed by atoms with van der Waals surface area (Å²) in [5.41, 5.74) is 4.40. The summed E-state index contributed by atoms with van der Waals surface area (Å²) in [4.78, 5) is 47.3. The van der Waals surface area contributed by atoms with Crippen molar-refractivity contribution in [2.45, 2.75) is 89.8 Å². The standard InChI is InChI=1S/C48H46F2N10O5/c1-25-19-33(20-26(2)41(25)49)60-43(57-16-15-56(47(57)63)38-10-9-37-34(42(38)50)24-51-59(37)32-6-7-32)40-28(4)55(14-11-35(40)53-60)44(61)39-22-31-21-30(29-12-17-64-18-13-29)5-8-36(31)58(39)48(23-27(48)3)45-52-46(62)65-54-45/h5,8-10,15-16,19-22,24,27-29,32H,6-7,11-14,17-18,23H2,1-4H3,(H,52,54,62). The Morgan fingerprint density at radius 1 is 0.908 bits per heavy atom. The third kappa shape index (κ3) is 5.93. The summed E-state index contributed by atoms with van der Waals surface area (Å²) >= 11 is 0. The van der Waals surface area contributed by atoms with E-state index in [-0.39, 0.29) is 29.4 Å². The lowest BCUT2D eigenvalue weighted by Crippen LogP contribution is -2.41. The predicted molar refractivity (Wildman–Crippen MR) is 235 cm³/mol. The van der Waals surface area contributed by atoms with Gasteiger partial charge in [-0.3, -0.25) is 28.1 Å². The topological polar surface area (TPSA) is 156 Å². The molecule has 0 spiro atoms. The average Bonchev–Trinajstić information content (AvgIpc) is 3.83. The van der Waals surface area contributed by atoms with Crippen LogP contribution in [0.25, 0.3) is 39.0 Å². The van der Waals surface area contributed by atoms with Gasteiger partial charge in [-0.15, -0.1) is 0 Å². The van der Waals surface area contributed by atoms with Crippen molar-refractivity contribution in [3.63, 3.8) is 0 Å². The number of carbonyl (C=O) groups is 1. The van der Waals surface area contributed by atoms with Crippen molar-refractivity contribution < 1.29 is 22.8 Å². The molecule has 7 heterocycles. The molecule has 3 fully saturated rings. The van der Waals surface area contributed by atoms with Crippen LogP contribution in [0, 0.1) is 31.4 Å². The number of carbonyl (C=O) groups excluding carboxylic acids is 1. The van der Waals surface area contributed by atoms with Crippen molar-refractivity contribution in [2.24, 2.45) is 5.92 Å². The zero-order valence-electron chi connectivity index (χ0n) is 36.3. The molecule has 15 nitrogen and oxygen atoms in total. The van der Waals surface area contributed by atoms with Gasteiger partial charge in [0, 0.05) is 55.0 Å². The number of hydrogen-bond donors (Lipinski definition) is 1. The van der Waals surface area contributed by atoms with Crippen LogP contribution in [-0.2, 0) is 16.7 Å². The lowest BCUT2D eigenvalue weighted by Gasteiger charge is -2.34. The van der Waals surface area contributed by atoms with Gasteiger partial charge in [-0.1, -0.05) is 18.1 Å². The molecule has 8 aromatic rings. The van der Waals surface area contributed by atoms with Gasteiger partial charge < -0.3 is 14.2 Å². The molecule has 332 valence electrons. The van der Waals surface area contributed by atoms with E-state index < -0.39 is 28.8 Å². The van der Waals surface area contributed by atoms with Crippen LogP contribution in [0.5, 0.6) is 0 Å². The summed E-state index contributed by atoms with van der Waals surface area (Å²) in [5, 5.41) is 14.9. The van der Waals surface area contributed by atoms with E-state index in [9.17, 15) is 9.59 Å². The minimum atomic E-state index is -0.845. The Labute approximate surface area is 369 Å². The van der Waals surface area contributed by atoms with Gasteiger partial charge in [-0.2, -0.15) is 10.2 Å². The van der Waals surface area contributed by atoms with Crippen LogP contribution in [0.1, 0.15) is 108 Å². The molecule has 0 bridgehead atoms. The number of H-pyrrole nitrogens is 1. The Kier molecular flexibility index (Phi) is 8.74. The fourth-order valence-corrected chi connectivity index (χ4v) is 10.8. The second-order valence-corrected chi connectivity index (χ2v) is 18.4. The highest BCUT2D eigenvalue weighted by atomic mass is 19.1. The van der Waals surface area contributed by atoms with E-state index in [1.54, 1.807) is 53.9 Å². The zero-order valence-corrected chi connectivity index (χ0v) is 36.3. The molecule has 65 heavy (non-hydrogen) atoms. The zero-order chi connectivity index (χ0) is 44.6. The van der Waals surface area contributed by atoms with Gasteiger partial charge in [0.15, 0.2) is 11.6 Å². The number of halogens is 2. The Morgan fingerprint density at radius 3 is 2.35 bits per heavy atom. The number of hydrogen-bond acceptors (Lipinski definition) is 8. The van der Waals surface area contributed by atoms with Crippen molar-refractivity contribution in [3.8, 4) is 17.2 Å². The number of fused-ring (bicyclic) bond motifs is 3. The molecule has 2 aliphatic carbocycles. The number of aromatic nitrogens is 9. The predicted octanol–water partition coefficient (Wildman–Crippen LogP) is 7.46. The molecule has 12 rings (SSSR count). The fourth-order valence-electron chi connectivity index (χ4n) is 10.8. The van der Waals surface area contributed by atoms with E-state index in [2.05, 4.69) is 40.4 Å². The Balaban J connectivity index is 0.998. The first-order valence-corrected chi connectivity index (χ1v) is 22.4. The Morgan fingerprint density at radius 2 is 1.65 bits per heavy atom. The highest BCUT2D eigenvalue weighted by Gasteiger charge is 2.59. The van der Waals surface area contributed by atoms with Gasteiger partial charge in [0.1, 0.15) is 22.9 Å². The molecule has 1 N–H and O–H groups in total. The number of aryl methyl sites for hydroxylation is 2. The number of ether oxygens (including phenoxy) is 1. The van der Waals surface area contributed by atoms with Gasteiger partial charge in [0.2, 0.25) is 0 Å². The van der Waals surface area contributed by atoms with Crippen LogP contribution in [0.2, 0.25) is 0 Å². The molecular weight excluding hydrogens is 835 g/mol. The highest BCUT2D eigenvalue weighted by Crippen LogP contribution is 2.56. The largest absolute Gasteiger partial charge is 0.438 e. The maximum absolute atomic E-state index is 16.4. The quantitative estimate of drug-likeness (QED) is 0.165. The van der Waals surface area contributed by atoms with Crippen LogP contribution < -0.4 is 11.4 Å². The normalized spacial score (nSPS) is 21.2. The summed E-state index contributed by atoms with van der Waals surface area (Å²) in [7, 11) is 0. The second kappa shape index (κ2) is 14.3. The third-order valence-electron chi connectivity index (χ3n) is 14.5. The summed E-state index contributed by atoms with van der Waals surface area (Å²) in [5.74, 6) is -0.786. The summed E-state index contributed by atoms with van der Waals surface area (Å²) in [6.07, 6.45) is 9.36. The van der Waals surface area contributed by atoms with Gasteiger partial charge >= 0.3 is 11.4 Å². The minimum absolute atomic E-state index is 0.00856. The molecular formula is C48H46F2N10O5. The first-order chi connectivity index (χ1) is 31.4. The third-order valence-corrected chi connectivity index (χ3v) is 14.5. The molecule has 3 aromatic carbocycles. The van der Waals surface area contributed by atoms with Crippen molar-refractivity contribution in [1.82, 2.24) is 48.3 Å². The fraction of sp³-hybridized carbons (Fsp3) is 0.375. The molecule has 17 heteroatoms. The molecule has 4 aliphatic rings. The molecule has 0 radical (unpaired) electrons. The van der Waals surface area contributed by atoms with Crippen molar-refractivity contribution in [3.05, 3.63) is 139 Å². The smallest absolute Gasteiger partial charge is 0.381 e. The van der Waals surface area contributed by atoms with E-state index in [1.807, 2.05) is 22.2 Å².